The molecule has 0 amide bonds. The Bertz CT molecular complexity index is 193. The van der Waals surface area contributed by atoms with Gasteiger partial charge in [-0.1, -0.05) is 0 Å². The highest BCUT2D eigenvalue weighted by molar-refractivity contribution is 5.77. The first-order chi connectivity index (χ1) is 5.99. The third kappa shape index (κ3) is 4.44. The minimum absolute atomic E-state index is 0.216. The van der Waals surface area contributed by atoms with Crippen molar-refractivity contribution in [2.75, 3.05) is 13.7 Å². The van der Waals surface area contributed by atoms with Crippen molar-refractivity contribution in [3.63, 3.8) is 0 Å². The standard InChI is InChI=1S/C7H14N2O4/c1-4(8)7(12)13-3-5(9-2)6(10)11/h4-5,9H,3,8H2,1-2H3,(H,10,11)/t4-,5-/m0/s1. The van der Waals surface area contributed by atoms with E-state index in [1.807, 2.05) is 0 Å². The Hall–Kier alpha value is -1.14. The molecule has 0 aliphatic carbocycles. The molecular formula is C7H14N2O4. The topological polar surface area (TPSA) is 102 Å². The summed E-state index contributed by atoms with van der Waals surface area (Å²) in [6.07, 6.45) is 0. The third-order valence-electron chi connectivity index (χ3n) is 1.41. The molecule has 0 unspecified atom stereocenters. The summed E-state index contributed by atoms with van der Waals surface area (Å²) in [7, 11) is 1.47. The molecule has 0 aromatic heterocycles. The van der Waals surface area contributed by atoms with Crippen molar-refractivity contribution in [3.05, 3.63) is 0 Å². The van der Waals surface area contributed by atoms with Gasteiger partial charge in [0.15, 0.2) is 0 Å². The van der Waals surface area contributed by atoms with Crippen LogP contribution in [-0.2, 0) is 14.3 Å². The molecule has 0 radical (unpaired) electrons. The number of hydrogen-bond acceptors (Lipinski definition) is 5. The molecular weight excluding hydrogens is 176 g/mol. The first-order valence-electron chi connectivity index (χ1n) is 3.81. The van der Waals surface area contributed by atoms with E-state index in [0.29, 0.717) is 0 Å². The van der Waals surface area contributed by atoms with Crippen LogP contribution in [0.4, 0.5) is 0 Å². The summed E-state index contributed by atoms with van der Waals surface area (Å²) in [5.41, 5.74) is 5.20. The molecule has 0 heterocycles. The summed E-state index contributed by atoms with van der Waals surface area (Å²) >= 11 is 0. The van der Waals surface area contributed by atoms with Crippen molar-refractivity contribution in [2.45, 2.75) is 19.0 Å². The second kappa shape index (κ2) is 5.50. The molecule has 6 heteroatoms. The van der Waals surface area contributed by atoms with Gasteiger partial charge in [-0.25, -0.2) is 0 Å². The van der Waals surface area contributed by atoms with Crippen LogP contribution in [0.2, 0.25) is 0 Å². The maximum Gasteiger partial charge on any atom is 0.324 e. The minimum Gasteiger partial charge on any atom is -0.480 e. The van der Waals surface area contributed by atoms with Crippen LogP contribution in [0.1, 0.15) is 6.92 Å². The largest absolute Gasteiger partial charge is 0.480 e. The number of esters is 1. The summed E-state index contributed by atoms with van der Waals surface area (Å²) in [5, 5.41) is 11.0. The highest BCUT2D eigenvalue weighted by Gasteiger charge is 2.18. The Balaban J connectivity index is 3.85. The van der Waals surface area contributed by atoms with E-state index in [2.05, 4.69) is 10.1 Å². The number of carboxylic acid groups (broad SMARTS) is 1. The fraction of sp³-hybridized carbons (Fsp3) is 0.714. The van der Waals surface area contributed by atoms with Crippen LogP contribution < -0.4 is 11.1 Å². The van der Waals surface area contributed by atoms with Gasteiger partial charge in [0.05, 0.1) is 0 Å². The summed E-state index contributed by atoms with van der Waals surface area (Å²) in [6, 6.07) is -1.62. The number of rotatable bonds is 5. The summed E-state index contributed by atoms with van der Waals surface area (Å²) < 4.78 is 4.61. The van der Waals surface area contributed by atoms with Crippen LogP contribution in [0, 0.1) is 0 Å². The first-order valence-corrected chi connectivity index (χ1v) is 3.81. The third-order valence-corrected chi connectivity index (χ3v) is 1.41. The number of carboxylic acids is 1. The van der Waals surface area contributed by atoms with E-state index in [-0.39, 0.29) is 6.61 Å². The van der Waals surface area contributed by atoms with Gasteiger partial charge >= 0.3 is 11.9 Å². The quantitative estimate of drug-likeness (QED) is 0.458. The molecule has 0 aromatic carbocycles. The van der Waals surface area contributed by atoms with Crippen LogP contribution in [0.5, 0.6) is 0 Å². The van der Waals surface area contributed by atoms with Crippen molar-refractivity contribution in [1.82, 2.24) is 5.32 Å². The van der Waals surface area contributed by atoms with Crippen LogP contribution in [-0.4, -0.2) is 42.8 Å². The van der Waals surface area contributed by atoms with E-state index >= 15 is 0 Å². The van der Waals surface area contributed by atoms with Gasteiger partial charge in [-0.2, -0.15) is 0 Å². The molecule has 0 aliphatic rings. The molecule has 0 rings (SSSR count). The average Bonchev–Trinajstić information content (AvgIpc) is 2.04. The minimum atomic E-state index is -1.07. The van der Waals surface area contributed by atoms with E-state index in [9.17, 15) is 9.59 Å². The zero-order chi connectivity index (χ0) is 10.4. The number of aliphatic carboxylic acids is 1. The maximum atomic E-state index is 10.8. The van der Waals surface area contributed by atoms with Gasteiger partial charge in [-0.15, -0.1) is 0 Å². The van der Waals surface area contributed by atoms with Gasteiger partial charge in [0.1, 0.15) is 18.7 Å². The SMILES string of the molecule is CN[C@@H](COC(=O)[C@H](C)N)C(=O)O. The van der Waals surface area contributed by atoms with Crippen molar-refractivity contribution < 1.29 is 19.4 Å². The van der Waals surface area contributed by atoms with Crippen molar-refractivity contribution in [3.8, 4) is 0 Å². The summed E-state index contributed by atoms with van der Waals surface area (Å²) in [6.45, 7) is 1.25. The normalized spacial score (nSPS) is 14.7. The number of hydrogen-bond donors (Lipinski definition) is 3. The molecule has 0 saturated carbocycles. The molecule has 0 bridgehead atoms. The van der Waals surface area contributed by atoms with E-state index in [4.69, 9.17) is 10.8 Å². The summed E-state index contributed by atoms with van der Waals surface area (Å²) in [5.74, 6) is -1.68. The lowest BCUT2D eigenvalue weighted by atomic mass is 10.3. The molecule has 0 aliphatic heterocycles. The van der Waals surface area contributed by atoms with Crippen LogP contribution >= 0.6 is 0 Å². The highest BCUT2D eigenvalue weighted by Crippen LogP contribution is 1.89. The summed E-state index contributed by atoms with van der Waals surface area (Å²) in [4.78, 5) is 21.2. The molecule has 0 saturated heterocycles. The number of nitrogens with one attached hydrogen (secondary N) is 1. The van der Waals surface area contributed by atoms with Gasteiger partial charge in [-0.3, -0.25) is 9.59 Å². The van der Waals surface area contributed by atoms with Crippen molar-refractivity contribution in [2.24, 2.45) is 5.73 Å². The molecule has 76 valence electrons. The van der Waals surface area contributed by atoms with Crippen LogP contribution in [0.3, 0.4) is 0 Å². The lowest BCUT2D eigenvalue weighted by molar-refractivity contribution is -0.149. The lowest BCUT2D eigenvalue weighted by Gasteiger charge is -2.12. The van der Waals surface area contributed by atoms with E-state index in [1.165, 1.54) is 14.0 Å². The van der Waals surface area contributed by atoms with E-state index in [0.717, 1.165) is 0 Å². The molecule has 13 heavy (non-hydrogen) atoms. The van der Waals surface area contributed by atoms with Crippen LogP contribution in [0.15, 0.2) is 0 Å². The number of likely N-dealkylation sites (N-methyl/N-ethyl adjacent to an activating group) is 1. The van der Waals surface area contributed by atoms with Gasteiger partial charge in [0.2, 0.25) is 0 Å². The van der Waals surface area contributed by atoms with Gasteiger partial charge < -0.3 is 20.9 Å². The Kier molecular flexibility index (Phi) is 5.01. The number of carbonyl (C=O) groups is 2. The zero-order valence-electron chi connectivity index (χ0n) is 7.61. The fourth-order valence-electron chi connectivity index (χ4n) is 0.575. The van der Waals surface area contributed by atoms with Crippen LogP contribution in [0.25, 0.3) is 0 Å². The second-order valence-corrected chi connectivity index (χ2v) is 2.60. The van der Waals surface area contributed by atoms with Gasteiger partial charge in [0, 0.05) is 0 Å². The Labute approximate surface area is 76.0 Å². The van der Waals surface area contributed by atoms with Crippen molar-refractivity contribution >= 4 is 11.9 Å². The fourth-order valence-corrected chi connectivity index (χ4v) is 0.575. The predicted octanol–water partition coefficient (Wildman–Crippen LogP) is -1.45. The molecule has 0 aromatic rings. The smallest absolute Gasteiger partial charge is 0.324 e. The number of ether oxygens (including phenoxy) is 1. The predicted molar refractivity (Wildman–Crippen MR) is 45.1 cm³/mol. The maximum absolute atomic E-state index is 10.8. The molecule has 6 nitrogen and oxygen atoms in total. The monoisotopic (exact) mass is 190 g/mol. The van der Waals surface area contributed by atoms with Gasteiger partial charge in [-0.05, 0) is 14.0 Å². The average molecular weight is 190 g/mol. The molecule has 0 fully saturated rings. The Morgan fingerprint density at radius 2 is 2.15 bits per heavy atom. The molecule has 2 atom stereocenters. The molecule has 4 N–H and O–H groups in total. The Morgan fingerprint density at radius 1 is 1.62 bits per heavy atom. The number of nitrogens with two attached hydrogens (primary N) is 1. The lowest BCUT2D eigenvalue weighted by Crippen LogP contribution is -2.40. The van der Waals surface area contributed by atoms with Gasteiger partial charge in [0.25, 0.3) is 0 Å². The zero-order valence-corrected chi connectivity index (χ0v) is 7.61. The Morgan fingerprint density at radius 3 is 2.46 bits per heavy atom. The first kappa shape index (κ1) is 11.9. The molecule has 0 spiro atoms. The second-order valence-electron chi connectivity index (χ2n) is 2.60. The van der Waals surface area contributed by atoms with E-state index < -0.39 is 24.0 Å². The highest BCUT2D eigenvalue weighted by atomic mass is 16.5. The van der Waals surface area contributed by atoms with Crippen molar-refractivity contribution in [1.29, 1.82) is 0 Å². The van der Waals surface area contributed by atoms with E-state index in [1.54, 1.807) is 0 Å². The number of carbonyl (C=O) groups excluding carboxylic acids is 1.